The molecule has 0 spiro atoms. The molecule has 0 saturated carbocycles. The van der Waals surface area contributed by atoms with Gasteiger partial charge in [0.25, 0.3) is 0 Å². The fourth-order valence-corrected chi connectivity index (χ4v) is 1.43. The van der Waals surface area contributed by atoms with Crippen molar-refractivity contribution >= 4 is 15.9 Å². The van der Waals surface area contributed by atoms with Gasteiger partial charge in [0.15, 0.2) is 0 Å². The lowest BCUT2D eigenvalue weighted by Crippen LogP contribution is -2.47. The van der Waals surface area contributed by atoms with Crippen LogP contribution in [0.3, 0.4) is 0 Å². The third kappa shape index (κ3) is 5.99. The van der Waals surface area contributed by atoms with Crippen molar-refractivity contribution in [3.05, 3.63) is 6.92 Å². The number of hydrogen-bond donors (Lipinski definition) is 2. The molecule has 0 bridgehead atoms. The van der Waals surface area contributed by atoms with Crippen molar-refractivity contribution < 1.29 is 18.3 Å². The summed E-state index contributed by atoms with van der Waals surface area (Å²) in [6.07, 6.45) is 0.0581. The van der Waals surface area contributed by atoms with Crippen molar-refractivity contribution in [2.24, 2.45) is 5.92 Å². The number of aliphatic hydroxyl groups excluding tert-OH is 1. The Kier molecular flexibility index (Phi) is 6.08. The highest BCUT2D eigenvalue weighted by atomic mass is 32.2. The normalized spacial score (nSPS) is 16.0. The summed E-state index contributed by atoms with van der Waals surface area (Å²) in [5, 5.41) is 12.2. The van der Waals surface area contributed by atoms with Gasteiger partial charge in [0.05, 0.1) is 18.4 Å². The van der Waals surface area contributed by atoms with E-state index in [1.54, 1.807) is 6.92 Å². The Bertz CT molecular complexity index is 353. The second-order valence-electron chi connectivity index (χ2n) is 4.20. The fourth-order valence-electron chi connectivity index (χ4n) is 1.01. The smallest absolute Gasteiger partial charge is 0.223 e. The Morgan fingerprint density at radius 1 is 1.47 bits per heavy atom. The molecule has 0 aliphatic rings. The summed E-state index contributed by atoms with van der Waals surface area (Å²) in [4.78, 5) is 11.3. The van der Waals surface area contributed by atoms with Gasteiger partial charge in [-0.2, -0.15) is 0 Å². The van der Waals surface area contributed by atoms with Crippen LogP contribution in [0.15, 0.2) is 0 Å². The highest BCUT2D eigenvalue weighted by Gasteiger charge is 2.22. The minimum Gasteiger partial charge on any atom is -0.390 e. The predicted octanol–water partition coefficient (Wildman–Crippen LogP) is -0.909. The lowest BCUT2D eigenvalue weighted by atomic mass is 10.1. The van der Waals surface area contributed by atoms with Gasteiger partial charge < -0.3 is 10.4 Å². The van der Waals surface area contributed by atoms with Gasteiger partial charge in [-0.25, -0.2) is 12.7 Å². The molecule has 2 N–H and O–H groups in total. The fraction of sp³-hybridized carbons (Fsp3) is 0.800. The first-order valence-corrected chi connectivity index (χ1v) is 7.06. The van der Waals surface area contributed by atoms with E-state index >= 15 is 0 Å². The zero-order valence-electron chi connectivity index (χ0n) is 10.5. The van der Waals surface area contributed by atoms with E-state index in [1.165, 1.54) is 14.0 Å². The summed E-state index contributed by atoms with van der Waals surface area (Å²) in [5.74, 6) is -1.06. The van der Waals surface area contributed by atoms with Crippen LogP contribution in [-0.4, -0.2) is 55.7 Å². The van der Waals surface area contributed by atoms with Crippen LogP contribution in [0.2, 0.25) is 0 Å². The summed E-state index contributed by atoms with van der Waals surface area (Å²) < 4.78 is 23.3. The number of sulfonamides is 1. The Hall–Kier alpha value is -0.660. The molecule has 0 saturated heterocycles. The maximum atomic E-state index is 11.3. The first-order valence-electron chi connectivity index (χ1n) is 5.21. The van der Waals surface area contributed by atoms with Crippen molar-refractivity contribution in [3.63, 3.8) is 0 Å². The van der Waals surface area contributed by atoms with Gasteiger partial charge in [-0.15, -0.1) is 0 Å². The molecular weight excluding hydrogens is 244 g/mol. The number of aliphatic hydroxyl groups is 1. The van der Waals surface area contributed by atoms with Crippen LogP contribution < -0.4 is 5.32 Å². The maximum Gasteiger partial charge on any atom is 0.223 e. The van der Waals surface area contributed by atoms with Crippen LogP contribution in [0.25, 0.3) is 0 Å². The van der Waals surface area contributed by atoms with Crippen molar-refractivity contribution in [1.29, 1.82) is 0 Å². The van der Waals surface area contributed by atoms with Gasteiger partial charge in [0.2, 0.25) is 15.9 Å². The molecule has 3 atom stereocenters. The lowest BCUT2D eigenvalue weighted by molar-refractivity contribution is -0.124. The van der Waals surface area contributed by atoms with Crippen LogP contribution in [0.5, 0.6) is 0 Å². The van der Waals surface area contributed by atoms with Gasteiger partial charge in [0.1, 0.15) is 0 Å². The number of likely N-dealkylation sites (N-methyl/N-ethyl adjacent to an activating group) is 1. The highest BCUT2D eigenvalue weighted by molar-refractivity contribution is 7.88. The number of hydrogen-bond acceptors (Lipinski definition) is 4. The minimum atomic E-state index is -3.34. The molecule has 2 radical (unpaired) electrons. The first kappa shape index (κ1) is 16.3. The topological polar surface area (TPSA) is 86.7 Å². The van der Waals surface area contributed by atoms with E-state index in [0.29, 0.717) is 0 Å². The average molecular weight is 264 g/mol. The molecule has 100 valence electrons. The Labute approximate surface area is 103 Å². The number of amides is 1. The van der Waals surface area contributed by atoms with Gasteiger partial charge >= 0.3 is 0 Å². The molecule has 0 aliphatic carbocycles. The SMILES string of the molecule is [CH]C(C)C(=O)N[C@@H](C)C(O)CN(C)S(C)(=O)=O. The van der Waals surface area contributed by atoms with Crippen LogP contribution >= 0.6 is 0 Å². The van der Waals surface area contributed by atoms with Gasteiger partial charge in [0, 0.05) is 19.5 Å². The zero-order chi connectivity index (χ0) is 13.8. The summed E-state index contributed by atoms with van der Waals surface area (Å²) in [6.45, 7) is 8.38. The third-order valence-electron chi connectivity index (χ3n) is 2.37. The Morgan fingerprint density at radius 3 is 2.29 bits per heavy atom. The van der Waals surface area contributed by atoms with E-state index < -0.39 is 34.0 Å². The van der Waals surface area contributed by atoms with Crippen molar-refractivity contribution in [1.82, 2.24) is 9.62 Å². The molecule has 0 rings (SSSR count). The molecule has 2 unspecified atom stereocenters. The molecule has 0 aliphatic heterocycles. The summed E-state index contributed by atoms with van der Waals surface area (Å²) >= 11 is 0. The largest absolute Gasteiger partial charge is 0.390 e. The predicted molar refractivity (Wildman–Crippen MR) is 64.5 cm³/mol. The van der Waals surface area contributed by atoms with Crippen molar-refractivity contribution in [2.75, 3.05) is 19.8 Å². The van der Waals surface area contributed by atoms with Crippen LogP contribution in [0.4, 0.5) is 0 Å². The molecule has 0 heterocycles. The van der Waals surface area contributed by atoms with Crippen LogP contribution in [0, 0.1) is 12.8 Å². The van der Waals surface area contributed by atoms with E-state index in [-0.39, 0.29) is 6.54 Å². The molecule has 1 amide bonds. The molecular formula is C10H20N2O4S. The summed E-state index contributed by atoms with van der Waals surface area (Å²) in [6, 6.07) is -0.572. The van der Waals surface area contributed by atoms with E-state index in [4.69, 9.17) is 6.92 Å². The van der Waals surface area contributed by atoms with E-state index in [9.17, 15) is 18.3 Å². The van der Waals surface area contributed by atoms with Crippen molar-refractivity contribution in [3.8, 4) is 0 Å². The number of carbonyl (C=O) groups excluding carboxylic acids is 1. The van der Waals surface area contributed by atoms with Crippen LogP contribution in [0.1, 0.15) is 13.8 Å². The lowest BCUT2D eigenvalue weighted by Gasteiger charge is -2.24. The molecule has 0 aromatic rings. The first-order chi connectivity index (χ1) is 7.55. The van der Waals surface area contributed by atoms with Crippen LogP contribution in [-0.2, 0) is 14.8 Å². The van der Waals surface area contributed by atoms with E-state index in [0.717, 1.165) is 10.6 Å². The number of rotatable bonds is 6. The molecule has 0 aromatic heterocycles. The molecule has 7 heteroatoms. The quantitative estimate of drug-likeness (QED) is 0.650. The number of carbonyl (C=O) groups is 1. The molecule has 0 aromatic carbocycles. The third-order valence-corrected chi connectivity index (χ3v) is 3.65. The van der Waals surface area contributed by atoms with Crippen molar-refractivity contribution in [2.45, 2.75) is 26.0 Å². The van der Waals surface area contributed by atoms with E-state index in [1.807, 2.05) is 0 Å². The summed E-state index contributed by atoms with van der Waals surface area (Å²) in [7, 11) is -1.98. The molecule has 17 heavy (non-hydrogen) atoms. The number of nitrogens with zero attached hydrogens (tertiary/aromatic N) is 1. The second-order valence-corrected chi connectivity index (χ2v) is 6.29. The van der Waals surface area contributed by atoms with E-state index in [2.05, 4.69) is 5.32 Å². The minimum absolute atomic E-state index is 0.0841. The molecule has 0 fully saturated rings. The zero-order valence-corrected chi connectivity index (χ0v) is 11.4. The van der Waals surface area contributed by atoms with Gasteiger partial charge in [-0.05, 0) is 13.8 Å². The Balaban J connectivity index is 4.33. The highest BCUT2D eigenvalue weighted by Crippen LogP contribution is 2.01. The van der Waals surface area contributed by atoms with Gasteiger partial charge in [-0.3, -0.25) is 4.79 Å². The molecule has 6 nitrogen and oxygen atoms in total. The number of nitrogens with one attached hydrogen (secondary N) is 1. The summed E-state index contributed by atoms with van der Waals surface area (Å²) in [5.41, 5.74) is 0. The average Bonchev–Trinajstić information content (AvgIpc) is 2.15. The Morgan fingerprint density at radius 2 is 1.94 bits per heavy atom. The maximum absolute atomic E-state index is 11.3. The second kappa shape index (κ2) is 6.32. The standard InChI is InChI=1S/C10H20N2O4S/c1-7(2)10(14)11-8(3)9(13)6-12(4)17(5,15)16/h1,7-9,13H,6H2,2-5H3,(H,11,14)/t7?,8-,9?/m0/s1. The monoisotopic (exact) mass is 264 g/mol. The van der Waals surface area contributed by atoms with Gasteiger partial charge in [-0.1, -0.05) is 6.92 Å².